The Kier molecular flexibility index (Phi) is 4.48. The second-order valence-corrected chi connectivity index (χ2v) is 5.96. The van der Waals surface area contributed by atoms with Crippen molar-refractivity contribution in [1.29, 1.82) is 0 Å². The number of nitro benzene ring substituents is 1. The van der Waals surface area contributed by atoms with E-state index in [0.717, 1.165) is 23.5 Å². The molecule has 0 unspecified atom stereocenters. The van der Waals surface area contributed by atoms with Crippen LogP contribution in [0.15, 0.2) is 42.5 Å². The fourth-order valence-corrected chi connectivity index (χ4v) is 2.98. The number of non-ortho nitro benzene ring substituents is 1. The molecule has 9 heteroatoms. The van der Waals surface area contributed by atoms with Crippen LogP contribution in [0.4, 0.5) is 19.6 Å². The quantitative estimate of drug-likeness (QED) is 0.430. The van der Waals surface area contributed by atoms with Crippen molar-refractivity contribution >= 4 is 44.4 Å². The van der Waals surface area contributed by atoms with E-state index in [9.17, 15) is 23.7 Å². The third-order valence-electron chi connectivity index (χ3n) is 3.15. The second-order valence-electron chi connectivity index (χ2n) is 4.93. The topological polar surface area (TPSA) is 85.1 Å². The normalized spacial score (nSPS) is 11.1. The number of thiazole rings is 1. The molecule has 1 N–H and O–H groups in total. The Morgan fingerprint density at radius 1 is 1.28 bits per heavy atom. The number of anilines is 1. The van der Waals surface area contributed by atoms with E-state index in [2.05, 4.69) is 10.3 Å². The Balaban J connectivity index is 1.75. The number of carbonyl (C=O) groups is 1. The van der Waals surface area contributed by atoms with Crippen LogP contribution < -0.4 is 5.32 Å². The van der Waals surface area contributed by atoms with Gasteiger partial charge in [0.15, 0.2) is 10.9 Å². The van der Waals surface area contributed by atoms with E-state index in [1.54, 1.807) is 6.07 Å². The average molecular weight is 361 g/mol. The molecule has 6 nitrogen and oxygen atoms in total. The molecule has 1 aromatic heterocycles. The van der Waals surface area contributed by atoms with Gasteiger partial charge < -0.3 is 0 Å². The zero-order chi connectivity index (χ0) is 18.0. The molecule has 0 saturated carbocycles. The van der Waals surface area contributed by atoms with Gasteiger partial charge in [0, 0.05) is 24.3 Å². The Hall–Kier alpha value is -3.20. The first-order valence-corrected chi connectivity index (χ1v) is 7.73. The van der Waals surface area contributed by atoms with Crippen LogP contribution in [-0.4, -0.2) is 15.8 Å². The van der Waals surface area contributed by atoms with Crippen LogP contribution >= 0.6 is 11.3 Å². The van der Waals surface area contributed by atoms with Crippen molar-refractivity contribution < 1.29 is 18.5 Å². The number of nitrogens with zero attached hydrogens (tertiary/aromatic N) is 2. The highest BCUT2D eigenvalue weighted by Crippen LogP contribution is 2.28. The second kappa shape index (κ2) is 6.73. The molecule has 0 aliphatic rings. The lowest BCUT2D eigenvalue weighted by atomic mass is 10.2. The van der Waals surface area contributed by atoms with Gasteiger partial charge >= 0.3 is 0 Å². The highest BCUT2D eigenvalue weighted by atomic mass is 32.1. The summed E-state index contributed by atoms with van der Waals surface area (Å²) in [6.07, 6.45) is 2.57. The number of halogens is 2. The minimum Gasteiger partial charge on any atom is -0.298 e. The summed E-state index contributed by atoms with van der Waals surface area (Å²) in [7, 11) is 0. The number of rotatable bonds is 4. The Morgan fingerprint density at radius 2 is 2.08 bits per heavy atom. The molecule has 0 atom stereocenters. The number of nitrogens with one attached hydrogen (secondary N) is 1. The first kappa shape index (κ1) is 16.7. The van der Waals surface area contributed by atoms with E-state index in [1.807, 2.05) is 0 Å². The van der Waals surface area contributed by atoms with Crippen LogP contribution in [0.25, 0.3) is 16.3 Å². The highest BCUT2D eigenvalue weighted by molar-refractivity contribution is 7.22. The lowest BCUT2D eigenvalue weighted by Crippen LogP contribution is -2.07. The van der Waals surface area contributed by atoms with Gasteiger partial charge in [-0.15, -0.1) is 0 Å². The van der Waals surface area contributed by atoms with E-state index < -0.39 is 22.5 Å². The molecular weight excluding hydrogens is 352 g/mol. The van der Waals surface area contributed by atoms with E-state index in [-0.39, 0.29) is 21.0 Å². The summed E-state index contributed by atoms with van der Waals surface area (Å²) in [5.74, 6) is -2.08. The number of fused-ring (bicyclic) bond motifs is 1. The largest absolute Gasteiger partial charge is 0.298 e. The van der Waals surface area contributed by atoms with Crippen LogP contribution in [0, 0.1) is 21.7 Å². The van der Waals surface area contributed by atoms with Crippen molar-refractivity contribution in [1.82, 2.24) is 4.98 Å². The number of benzene rings is 2. The van der Waals surface area contributed by atoms with Crippen LogP contribution in [0.3, 0.4) is 0 Å². The van der Waals surface area contributed by atoms with Crippen LogP contribution in [0.1, 0.15) is 5.56 Å². The van der Waals surface area contributed by atoms with Gasteiger partial charge in [0.1, 0.15) is 11.3 Å². The van der Waals surface area contributed by atoms with Gasteiger partial charge in [-0.2, -0.15) is 0 Å². The highest BCUT2D eigenvalue weighted by Gasteiger charge is 2.11. The maximum atomic E-state index is 13.6. The Bertz CT molecular complexity index is 1020. The zero-order valence-electron chi connectivity index (χ0n) is 12.4. The fraction of sp³-hybridized carbons (Fsp3) is 0. The van der Waals surface area contributed by atoms with Gasteiger partial charge in [-0.1, -0.05) is 23.5 Å². The maximum absolute atomic E-state index is 13.6. The SMILES string of the molecule is O=C(/C=C\c1cccc([N+](=O)[O-])c1)Nc1nc2c(F)cc(F)cc2s1. The summed E-state index contributed by atoms with van der Waals surface area (Å²) in [6, 6.07) is 7.61. The van der Waals surface area contributed by atoms with Gasteiger partial charge in [-0.25, -0.2) is 13.8 Å². The molecule has 0 aliphatic heterocycles. The molecule has 0 saturated heterocycles. The maximum Gasteiger partial charge on any atom is 0.270 e. The predicted molar refractivity (Wildman–Crippen MR) is 90.3 cm³/mol. The van der Waals surface area contributed by atoms with Crippen LogP contribution in [0.2, 0.25) is 0 Å². The Labute approximate surface area is 143 Å². The summed E-state index contributed by atoms with van der Waals surface area (Å²) >= 11 is 0.936. The van der Waals surface area contributed by atoms with Gasteiger partial charge in [0.2, 0.25) is 5.91 Å². The van der Waals surface area contributed by atoms with E-state index in [4.69, 9.17) is 0 Å². The fourth-order valence-electron chi connectivity index (χ4n) is 2.07. The van der Waals surface area contributed by atoms with Crippen LogP contribution in [-0.2, 0) is 4.79 Å². The molecular formula is C16H9F2N3O3S. The van der Waals surface area contributed by atoms with Crippen molar-refractivity contribution in [3.63, 3.8) is 0 Å². The summed E-state index contributed by atoms with van der Waals surface area (Å²) in [6.45, 7) is 0. The van der Waals surface area contributed by atoms with Crippen molar-refractivity contribution in [2.24, 2.45) is 0 Å². The average Bonchev–Trinajstić information content (AvgIpc) is 2.95. The molecule has 1 heterocycles. The number of hydrogen-bond donors (Lipinski definition) is 1. The summed E-state index contributed by atoms with van der Waals surface area (Å²) in [5.41, 5.74) is 0.359. The molecule has 0 aliphatic carbocycles. The number of carbonyl (C=O) groups excluding carboxylic acids is 1. The molecule has 0 radical (unpaired) electrons. The third-order valence-corrected chi connectivity index (χ3v) is 4.07. The van der Waals surface area contributed by atoms with Crippen molar-refractivity contribution in [2.75, 3.05) is 5.32 Å². The van der Waals surface area contributed by atoms with Crippen molar-refractivity contribution in [2.45, 2.75) is 0 Å². The minimum atomic E-state index is -0.807. The summed E-state index contributed by atoms with van der Waals surface area (Å²) in [5, 5.41) is 13.3. The Morgan fingerprint density at radius 3 is 2.84 bits per heavy atom. The molecule has 3 aromatic rings. The van der Waals surface area contributed by atoms with Gasteiger partial charge in [0.05, 0.1) is 9.62 Å². The standard InChI is InChI=1S/C16H9F2N3O3S/c17-10-7-12(18)15-13(8-10)25-16(20-15)19-14(22)5-4-9-2-1-3-11(6-9)21(23)24/h1-8H,(H,19,20,22)/b5-4-. The predicted octanol–water partition coefficient (Wildman–Crippen LogP) is 4.13. The molecule has 1 amide bonds. The number of hydrogen-bond acceptors (Lipinski definition) is 5. The van der Waals surface area contributed by atoms with Crippen LogP contribution in [0.5, 0.6) is 0 Å². The number of nitro groups is 1. The van der Waals surface area contributed by atoms with Gasteiger partial charge in [0.25, 0.3) is 5.69 Å². The van der Waals surface area contributed by atoms with Gasteiger partial charge in [-0.3, -0.25) is 20.2 Å². The molecule has 3 rings (SSSR count). The zero-order valence-corrected chi connectivity index (χ0v) is 13.2. The summed E-state index contributed by atoms with van der Waals surface area (Å²) < 4.78 is 27.0. The molecule has 2 aromatic carbocycles. The van der Waals surface area contributed by atoms with Crippen molar-refractivity contribution in [3.8, 4) is 0 Å². The molecule has 0 bridgehead atoms. The third kappa shape index (κ3) is 3.83. The monoisotopic (exact) mass is 361 g/mol. The molecule has 0 spiro atoms. The van der Waals surface area contributed by atoms with E-state index >= 15 is 0 Å². The van der Waals surface area contributed by atoms with E-state index in [1.165, 1.54) is 30.4 Å². The van der Waals surface area contributed by atoms with E-state index in [0.29, 0.717) is 5.56 Å². The van der Waals surface area contributed by atoms with Gasteiger partial charge in [-0.05, 0) is 17.7 Å². The van der Waals surface area contributed by atoms with Crippen molar-refractivity contribution in [3.05, 3.63) is 69.8 Å². The lowest BCUT2D eigenvalue weighted by molar-refractivity contribution is -0.384. The number of amides is 1. The molecule has 126 valence electrons. The lowest BCUT2D eigenvalue weighted by Gasteiger charge is -1.96. The summed E-state index contributed by atoms with van der Waals surface area (Å²) in [4.78, 5) is 26.0. The first-order valence-electron chi connectivity index (χ1n) is 6.91. The number of aromatic nitrogens is 1. The first-order chi connectivity index (χ1) is 11.9. The molecule has 0 fully saturated rings. The smallest absolute Gasteiger partial charge is 0.270 e. The molecule has 25 heavy (non-hydrogen) atoms. The minimum absolute atomic E-state index is 0.0237.